The summed E-state index contributed by atoms with van der Waals surface area (Å²) in [6.45, 7) is 6.17. The summed E-state index contributed by atoms with van der Waals surface area (Å²) in [5.74, 6) is 1.43. The Labute approximate surface area is 140 Å². The van der Waals surface area contributed by atoms with E-state index in [0.29, 0.717) is 17.2 Å². The summed E-state index contributed by atoms with van der Waals surface area (Å²) in [7, 11) is 0. The van der Waals surface area contributed by atoms with E-state index >= 15 is 0 Å². The molecule has 1 aliphatic rings. The molecule has 0 atom stereocenters. The quantitative estimate of drug-likeness (QED) is 0.769. The van der Waals surface area contributed by atoms with Gasteiger partial charge in [-0.25, -0.2) is 4.98 Å². The van der Waals surface area contributed by atoms with Crippen LogP contribution in [0.3, 0.4) is 0 Å². The molecule has 2 nitrogen and oxygen atoms in total. The van der Waals surface area contributed by atoms with E-state index in [0.717, 1.165) is 37.8 Å². The van der Waals surface area contributed by atoms with Crippen molar-refractivity contribution >= 4 is 5.82 Å². The largest absolute Gasteiger partial charge is 0.416 e. The van der Waals surface area contributed by atoms with Crippen molar-refractivity contribution in [1.29, 1.82) is 0 Å². The first-order chi connectivity index (χ1) is 11.3. The third-order valence-electron chi connectivity index (χ3n) is 4.20. The number of nitrogens with zero attached hydrogens (tertiary/aromatic N) is 2. The number of aromatic nitrogens is 1. The number of hydrogen-bond acceptors (Lipinski definition) is 2. The number of hydrogen-bond donors (Lipinski definition) is 0. The number of pyridine rings is 1. The van der Waals surface area contributed by atoms with Crippen molar-refractivity contribution in [2.24, 2.45) is 5.92 Å². The lowest BCUT2D eigenvalue weighted by molar-refractivity contribution is -0.137. The third-order valence-corrected chi connectivity index (χ3v) is 4.20. The molecule has 0 aliphatic carbocycles. The van der Waals surface area contributed by atoms with E-state index in [1.165, 1.54) is 17.7 Å². The lowest BCUT2D eigenvalue weighted by Crippen LogP contribution is -2.33. The van der Waals surface area contributed by atoms with Crippen molar-refractivity contribution in [2.45, 2.75) is 32.9 Å². The van der Waals surface area contributed by atoms with Gasteiger partial charge in [0.15, 0.2) is 0 Å². The summed E-state index contributed by atoms with van der Waals surface area (Å²) < 4.78 is 38.8. The van der Waals surface area contributed by atoms with Crippen LogP contribution in [0.2, 0.25) is 0 Å². The van der Waals surface area contributed by atoms with Gasteiger partial charge in [0.05, 0.1) is 11.3 Å². The molecule has 0 radical (unpaired) electrons. The Hall–Kier alpha value is -2.04. The zero-order valence-electron chi connectivity index (χ0n) is 13.9. The molecular formula is C19H21F3N2. The number of alkyl halides is 3. The van der Waals surface area contributed by atoms with Crippen molar-refractivity contribution in [3.63, 3.8) is 0 Å². The highest BCUT2D eigenvalue weighted by atomic mass is 19.4. The summed E-state index contributed by atoms with van der Waals surface area (Å²) in [6.07, 6.45) is -2.28. The molecule has 0 N–H and O–H groups in total. The van der Waals surface area contributed by atoms with E-state index in [9.17, 15) is 13.2 Å². The lowest BCUT2D eigenvalue weighted by Gasteiger charge is -2.31. The minimum atomic E-state index is -4.34. The van der Waals surface area contributed by atoms with Crippen LogP contribution in [0.25, 0.3) is 11.3 Å². The molecule has 2 aromatic rings. The first-order valence-corrected chi connectivity index (χ1v) is 8.27. The van der Waals surface area contributed by atoms with Gasteiger partial charge in [0.2, 0.25) is 0 Å². The lowest BCUT2D eigenvalue weighted by atomic mass is 10.0. The Kier molecular flexibility index (Phi) is 4.52. The topological polar surface area (TPSA) is 16.1 Å². The van der Waals surface area contributed by atoms with E-state index in [-0.39, 0.29) is 0 Å². The van der Waals surface area contributed by atoms with Crippen molar-refractivity contribution in [3.8, 4) is 11.3 Å². The van der Waals surface area contributed by atoms with Gasteiger partial charge >= 0.3 is 6.18 Å². The Bertz CT molecular complexity index is 723. The van der Waals surface area contributed by atoms with Crippen molar-refractivity contribution in [3.05, 3.63) is 47.5 Å². The Balaban J connectivity index is 1.99. The predicted octanol–water partition coefficient (Wildman–Crippen LogP) is 5.18. The first kappa shape index (κ1) is 16.8. The predicted molar refractivity (Wildman–Crippen MR) is 90.0 cm³/mol. The van der Waals surface area contributed by atoms with Gasteiger partial charge in [0.25, 0.3) is 0 Å². The molecule has 0 fully saturated rings. The fraction of sp³-hybridized carbons (Fsp3) is 0.421. The maximum Gasteiger partial charge on any atom is 0.416 e. The molecule has 0 saturated heterocycles. The van der Waals surface area contributed by atoms with Gasteiger partial charge in [-0.3, -0.25) is 0 Å². The fourth-order valence-electron chi connectivity index (χ4n) is 3.15. The van der Waals surface area contributed by atoms with Crippen LogP contribution in [0.5, 0.6) is 0 Å². The summed E-state index contributed by atoms with van der Waals surface area (Å²) in [6, 6.07) is 9.21. The Morgan fingerprint density at radius 1 is 1.17 bits per heavy atom. The summed E-state index contributed by atoms with van der Waals surface area (Å²) in [4.78, 5) is 6.95. The normalized spacial score (nSPS) is 14.8. The van der Waals surface area contributed by atoms with Gasteiger partial charge in [-0.05, 0) is 42.5 Å². The van der Waals surface area contributed by atoms with Crippen LogP contribution in [-0.2, 0) is 12.6 Å². The van der Waals surface area contributed by atoms with Gasteiger partial charge in [-0.1, -0.05) is 32.0 Å². The Morgan fingerprint density at radius 2 is 1.96 bits per heavy atom. The molecule has 128 valence electrons. The molecule has 3 rings (SSSR count). The highest BCUT2D eigenvalue weighted by Crippen LogP contribution is 2.33. The highest BCUT2D eigenvalue weighted by molar-refractivity contribution is 5.64. The molecule has 1 aliphatic heterocycles. The molecular weight excluding hydrogens is 313 g/mol. The maximum absolute atomic E-state index is 12.9. The molecule has 0 amide bonds. The number of halogens is 3. The molecule has 0 saturated carbocycles. The highest BCUT2D eigenvalue weighted by Gasteiger charge is 2.30. The van der Waals surface area contributed by atoms with E-state index in [1.807, 2.05) is 12.1 Å². The first-order valence-electron chi connectivity index (χ1n) is 8.27. The maximum atomic E-state index is 12.9. The molecule has 1 aromatic carbocycles. The van der Waals surface area contributed by atoms with Crippen LogP contribution in [0, 0.1) is 5.92 Å². The van der Waals surface area contributed by atoms with Crippen molar-refractivity contribution < 1.29 is 13.2 Å². The zero-order chi connectivity index (χ0) is 17.3. The molecule has 2 heterocycles. The second-order valence-electron chi connectivity index (χ2n) is 6.70. The van der Waals surface area contributed by atoms with Crippen LogP contribution < -0.4 is 4.90 Å². The van der Waals surface area contributed by atoms with Crippen LogP contribution in [-0.4, -0.2) is 18.1 Å². The number of anilines is 1. The van der Waals surface area contributed by atoms with Gasteiger partial charge in [0.1, 0.15) is 5.82 Å². The van der Waals surface area contributed by atoms with Crippen LogP contribution >= 0.6 is 0 Å². The van der Waals surface area contributed by atoms with Crippen LogP contribution in [0.1, 0.15) is 31.4 Å². The molecule has 5 heteroatoms. The zero-order valence-corrected chi connectivity index (χ0v) is 13.9. The smallest absolute Gasteiger partial charge is 0.356 e. The average Bonchev–Trinajstić information content (AvgIpc) is 2.54. The van der Waals surface area contributed by atoms with Crippen molar-refractivity contribution in [2.75, 3.05) is 18.0 Å². The average molecular weight is 334 g/mol. The number of fused-ring (bicyclic) bond motifs is 1. The van der Waals surface area contributed by atoms with E-state index in [1.54, 1.807) is 6.07 Å². The van der Waals surface area contributed by atoms with Gasteiger partial charge < -0.3 is 4.90 Å². The summed E-state index contributed by atoms with van der Waals surface area (Å²) in [5, 5.41) is 0. The number of aryl methyl sites for hydroxylation is 1. The standard InChI is InChI=1S/C19H21F3N2/c1-13(2)12-24-10-4-6-14-8-9-17(23-18(14)24)15-5-3-7-16(11-15)19(20,21)22/h3,5,7-9,11,13H,4,6,10,12H2,1-2H3. The van der Waals surface area contributed by atoms with E-state index < -0.39 is 11.7 Å². The van der Waals surface area contributed by atoms with Crippen molar-refractivity contribution in [1.82, 2.24) is 4.98 Å². The van der Waals surface area contributed by atoms with E-state index in [2.05, 4.69) is 18.7 Å². The molecule has 24 heavy (non-hydrogen) atoms. The van der Waals surface area contributed by atoms with Gasteiger partial charge in [0, 0.05) is 18.7 Å². The summed E-state index contributed by atoms with van der Waals surface area (Å²) in [5.41, 5.74) is 1.63. The van der Waals surface area contributed by atoms with Crippen LogP contribution in [0.4, 0.5) is 19.0 Å². The summed E-state index contributed by atoms with van der Waals surface area (Å²) >= 11 is 0. The minimum absolute atomic E-state index is 0.502. The number of benzene rings is 1. The molecule has 1 aromatic heterocycles. The Morgan fingerprint density at radius 3 is 2.67 bits per heavy atom. The van der Waals surface area contributed by atoms with Gasteiger partial charge in [-0.15, -0.1) is 0 Å². The molecule has 0 spiro atoms. The monoisotopic (exact) mass is 334 g/mol. The molecule has 0 unspecified atom stereocenters. The third kappa shape index (κ3) is 3.55. The SMILES string of the molecule is CC(C)CN1CCCc2ccc(-c3cccc(C(F)(F)F)c3)nc21. The van der Waals surface area contributed by atoms with E-state index in [4.69, 9.17) is 4.98 Å². The molecule has 0 bridgehead atoms. The number of rotatable bonds is 3. The fourth-order valence-corrected chi connectivity index (χ4v) is 3.15. The second-order valence-corrected chi connectivity index (χ2v) is 6.70. The minimum Gasteiger partial charge on any atom is -0.356 e. The second kappa shape index (κ2) is 6.46. The van der Waals surface area contributed by atoms with Crippen LogP contribution in [0.15, 0.2) is 36.4 Å². The van der Waals surface area contributed by atoms with Gasteiger partial charge in [-0.2, -0.15) is 13.2 Å².